The summed E-state index contributed by atoms with van der Waals surface area (Å²) < 4.78 is 1.44. The highest BCUT2D eigenvalue weighted by Crippen LogP contribution is 2.49. The molecule has 7 nitrogen and oxygen atoms in total. The SMILES string of the molecule is C[C@H](NC(=O)CCn1ccc([N+](=O)[O-])n1)[C@@H]1C[C@H]2CC[C@H]1C2. The van der Waals surface area contributed by atoms with Gasteiger partial charge in [-0.25, -0.2) is 0 Å². The van der Waals surface area contributed by atoms with Crippen molar-refractivity contribution in [3.8, 4) is 0 Å². The number of aryl methyl sites for hydroxylation is 1. The Bertz CT molecular complexity index is 571. The molecule has 120 valence electrons. The molecule has 4 atom stereocenters. The average molecular weight is 306 g/mol. The Morgan fingerprint density at radius 2 is 2.36 bits per heavy atom. The first-order chi connectivity index (χ1) is 10.5. The Labute approximate surface area is 129 Å². The Hall–Kier alpha value is -1.92. The van der Waals surface area contributed by atoms with Crippen molar-refractivity contribution in [2.24, 2.45) is 17.8 Å². The number of nitrogens with zero attached hydrogens (tertiary/aromatic N) is 3. The highest BCUT2D eigenvalue weighted by molar-refractivity contribution is 5.76. The summed E-state index contributed by atoms with van der Waals surface area (Å²) in [7, 11) is 0. The predicted molar refractivity (Wildman–Crippen MR) is 80.0 cm³/mol. The van der Waals surface area contributed by atoms with Crippen LogP contribution in [0.3, 0.4) is 0 Å². The summed E-state index contributed by atoms with van der Waals surface area (Å²) in [4.78, 5) is 22.1. The normalized spacial score (nSPS) is 27.8. The molecule has 1 amide bonds. The summed E-state index contributed by atoms with van der Waals surface area (Å²) in [5.74, 6) is 2.09. The minimum absolute atomic E-state index is 0.00609. The molecular weight excluding hydrogens is 284 g/mol. The van der Waals surface area contributed by atoms with Gasteiger partial charge in [-0.05, 0) is 48.9 Å². The van der Waals surface area contributed by atoms with Crippen LogP contribution in [-0.4, -0.2) is 26.7 Å². The highest BCUT2D eigenvalue weighted by Gasteiger charge is 2.42. The topological polar surface area (TPSA) is 90.1 Å². The van der Waals surface area contributed by atoms with Gasteiger partial charge in [0.2, 0.25) is 5.91 Å². The molecule has 1 heterocycles. The van der Waals surface area contributed by atoms with Gasteiger partial charge >= 0.3 is 5.82 Å². The van der Waals surface area contributed by atoms with Crippen molar-refractivity contribution < 1.29 is 9.72 Å². The van der Waals surface area contributed by atoms with Crippen molar-refractivity contribution in [3.63, 3.8) is 0 Å². The number of nitro groups is 1. The fourth-order valence-electron chi connectivity index (χ4n) is 4.13. The molecule has 2 fully saturated rings. The van der Waals surface area contributed by atoms with E-state index in [4.69, 9.17) is 0 Å². The van der Waals surface area contributed by atoms with Crippen LogP contribution in [-0.2, 0) is 11.3 Å². The predicted octanol–water partition coefficient (Wildman–Crippen LogP) is 2.12. The molecule has 0 unspecified atom stereocenters. The zero-order chi connectivity index (χ0) is 15.7. The molecule has 2 saturated carbocycles. The van der Waals surface area contributed by atoms with E-state index in [1.807, 2.05) is 0 Å². The number of aromatic nitrogens is 2. The number of nitrogens with one attached hydrogen (secondary N) is 1. The number of fused-ring (bicyclic) bond motifs is 2. The van der Waals surface area contributed by atoms with Gasteiger partial charge in [-0.3, -0.25) is 4.79 Å². The summed E-state index contributed by atoms with van der Waals surface area (Å²) in [6, 6.07) is 1.56. The smallest absolute Gasteiger partial charge is 0.358 e. The third-order valence-electron chi connectivity index (χ3n) is 5.21. The third kappa shape index (κ3) is 3.13. The van der Waals surface area contributed by atoms with Crippen LogP contribution in [0, 0.1) is 27.9 Å². The number of carbonyl (C=O) groups excluding carboxylic acids is 1. The van der Waals surface area contributed by atoms with Crippen LogP contribution >= 0.6 is 0 Å². The Morgan fingerprint density at radius 3 is 2.95 bits per heavy atom. The number of hydrogen-bond donors (Lipinski definition) is 1. The van der Waals surface area contributed by atoms with Crippen LogP contribution in [0.2, 0.25) is 0 Å². The van der Waals surface area contributed by atoms with Crippen molar-refractivity contribution in [3.05, 3.63) is 22.4 Å². The first-order valence-corrected chi connectivity index (χ1v) is 8.00. The molecule has 1 N–H and O–H groups in total. The van der Waals surface area contributed by atoms with Gasteiger partial charge in [-0.1, -0.05) is 6.42 Å². The molecule has 22 heavy (non-hydrogen) atoms. The molecule has 0 aromatic carbocycles. The second-order valence-electron chi connectivity index (χ2n) is 6.64. The lowest BCUT2D eigenvalue weighted by molar-refractivity contribution is -0.389. The van der Waals surface area contributed by atoms with Gasteiger partial charge in [0.05, 0.1) is 23.9 Å². The monoisotopic (exact) mass is 306 g/mol. The zero-order valence-electron chi connectivity index (χ0n) is 12.8. The van der Waals surface area contributed by atoms with Crippen molar-refractivity contribution >= 4 is 11.7 Å². The van der Waals surface area contributed by atoms with Crippen LogP contribution in [0.4, 0.5) is 5.82 Å². The molecule has 2 aliphatic carbocycles. The maximum atomic E-state index is 12.0. The minimum atomic E-state index is -0.534. The van der Waals surface area contributed by atoms with Gasteiger partial charge in [-0.2, -0.15) is 4.68 Å². The van der Waals surface area contributed by atoms with E-state index in [1.54, 1.807) is 0 Å². The molecule has 1 aromatic heterocycles. The summed E-state index contributed by atoms with van der Waals surface area (Å²) in [6.45, 7) is 2.46. The Morgan fingerprint density at radius 1 is 1.55 bits per heavy atom. The van der Waals surface area contributed by atoms with E-state index in [-0.39, 0.29) is 17.8 Å². The molecule has 2 bridgehead atoms. The standard InChI is InChI=1S/C15H22N4O3/c1-10(13-9-11-2-3-12(13)8-11)16-15(20)5-7-18-6-4-14(17-18)19(21)22/h4,6,10-13H,2-3,5,7-9H2,1H3,(H,16,20)/t10-,11-,12-,13-/m0/s1. The fraction of sp³-hybridized carbons (Fsp3) is 0.733. The largest absolute Gasteiger partial charge is 0.389 e. The van der Waals surface area contributed by atoms with E-state index < -0.39 is 4.92 Å². The number of amides is 1. The van der Waals surface area contributed by atoms with E-state index in [9.17, 15) is 14.9 Å². The van der Waals surface area contributed by atoms with Crippen molar-refractivity contribution in [1.29, 1.82) is 0 Å². The van der Waals surface area contributed by atoms with Gasteiger partial charge < -0.3 is 15.4 Å². The van der Waals surface area contributed by atoms with Crippen molar-refractivity contribution in [2.45, 2.75) is 51.6 Å². The van der Waals surface area contributed by atoms with E-state index in [2.05, 4.69) is 17.3 Å². The van der Waals surface area contributed by atoms with Gasteiger partial charge in [-0.15, -0.1) is 0 Å². The number of rotatable bonds is 6. The summed E-state index contributed by atoms with van der Waals surface area (Å²) >= 11 is 0. The van der Waals surface area contributed by atoms with Crippen LogP contribution in [0.1, 0.15) is 39.0 Å². The van der Waals surface area contributed by atoms with Gasteiger partial charge in [0.15, 0.2) is 0 Å². The minimum Gasteiger partial charge on any atom is -0.358 e. The van der Waals surface area contributed by atoms with E-state index in [1.165, 1.54) is 42.6 Å². The van der Waals surface area contributed by atoms with Gasteiger partial charge in [0, 0.05) is 12.5 Å². The van der Waals surface area contributed by atoms with Crippen molar-refractivity contribution in [2.75, 3.05) is 0 Å². The maximum absolute atomic E-state index is 12.0. The third-order valence-corrected chi connectivity index (χ3v) is 5.21. The van der Waals surface area contributed by atoms with Crippen LogP contribution in [0.5, 0.6) is 0 Å². The average Bonchev–Trinajstić information content (AvgIpc) is 3.20. The Kier molecular flexibility index (Phi) is 4.13. The van der Waals surface area contributed by atoms with E-state index in [0.29, 0.717) is 18.9 Å². The molecule has 0 aliphatic heterocycles. The first-order valence-electron chi connectivity index (χ1n) is 8.00. The molecule has 2 aliphatic rings. The van der Waals surface area contributed by atoms with E-state index in [0.717, 1.165) is 11.8 Å². The quantitative estimate of drug-likeness (QED) is 0.644. The first kappa shape index (κ1) is 15.0. The summed E-state index contributed by atoms with van der Waals surface area (Å²) in [5, 5.41) is 17.5. The lowest BCUT2D eigenvalue weighted by Crippen LogP contribution is -2.40. The second kappa shape index (κ2) is 6.06. The number of carbonyl (C=O) groups is 1. The summed E-state index contributed by atoms with van der Waals surface area (Å²) in [5.41, 5.74) is 0. The molecule has 1 aromatic rings. The van der Waals surface area contributed by atoms with Crippen LogP contribution in [0.25, 0.3) is 0 Å². The molecule has 3 rings (SSSR count). The van der Waals surface area contributed by atoms with E-state index >= 15 is 0 Å². The fourth-order valence-corrected chi connectivity index (χ4v) is 4.13. The van der Waals surface area contributed by atoms with Gasteiger partial charge in [0.1, 0.15) is 0 Å². The number of hydrogen-bond acceptors (Lipinski definition) is 4. The second-order valence-corrected chi connectivity index (χ2v) is 6.64. The summed E-state index contributed by atoms with van der Waals surface area (Å²) in [6.07, 6.45) is 7.08. The zero-order valence-corrected chi connectivity index (χ0v) is 12.8. The highest BCUT2D eigenvalue weighted by atomic mass is 16.6. The van der Waals surface area contributed by atoms with Crippen molar-refractivity contribution in [1.82, 2.24) is 15.1 Å². The molecular formula is C15H22N4O3. The van der Waals surface area contributed by atoms with Crippen LogP contribution in [0.15, 0.2) is 12.3 Å². The maximum Gasteiger partial charge on any atom is 0.389 e. The molecule has 0 spiro atoms. The lowest BCUT2D eigenvalue weighted by Gasteiger charge is -2.28. The lowest BCUT2D eigenvalue weighted by atomic mass is 9.84. The van der Waals surface area contributed by atoms with Crippen LogP contribution < -0.4 is 5.32 Å². The molecule has 0 saturated heterocycles. The molecule has 0 radical (unpaired) electrons. The molecule has 7 heteroatoms. The van der Waals surface area contributed by atoms with Gasteiger partial charge in [0.25, 0.3) is 0 Å². The Balaban J connectivity index is 1.45.